The summed E-state index contributed by atoms with van der Waals surface area (Å²) in [7, 11) is 0. The van der Waals surface area contributed by atoms with Gasteiger partial charge in [0, 0.05) is 5.02 Å². The first-order valence-electron chi connectivity index (χ1n) is 4.05. The van der Waals surface area contributed by atoms with Gasteiger partial charge in [0.1, 0.15) is 5.75 Å². The van der Waals surface area contributed by atoms with E-state index in [0.717, 1.165) is 0 Å². The predicted molar refractivity (Wildman–Crippen MR) is 54.7 cm³/mol. The Morgan fingerprint density at radius 3 is 2.80 bits per heavy atom. The molecule has 3 amide bonds. The molecule has 0 fully saturated rings. The number of urea groups is 1. The van der Waals surface area contributed by atoms with Gasteiger partial charge in [-0.15, -0.1) is 0 Å². The lowest BCUT2D eigenvalue weighted by molar-refractivity contribution is -0.121. The highest BCUT2D eigenvalue weighted by Gasteiger charge is 2.04. The molecule has 0 saturated carbocycles. The van der Waals surface area contributed by atoms with Gasteiger partial charge in [0.2, 0.25) is 0 Å². The van der Waals surface area contributed by atoms with E-state index in [-0.39, 0.29) is 6.61 Å². The number of amides is 3. The second-order valence-electron chi connectivity index (χ2n) is 2.66. The monoisotopic (exact) mass is 228 g/mol. The number of carbonyl (C=O) groups excluding carboxylic acids is 2. The zero-order valence-corrected chi connectivity index (χ0v) is 8.45. The van der Waals surface area contributed by atoms with Crippen molar-refractivity contribution < 1.29 is 14.3 Å². The summed E-state index contributed by atoms with van der Waals surface area (Å²) in [5.74, 6) is -0.162. The molecule has 5 nitrogen and oxygen atoms in total. The maximum Gasteiger partial charge on any atom is 0.318 e. The molecular formula is C9H9ClN2O3. The number of hydrogen-bond donors (Lipinski definition) is 2. The second kappa shape index (κ2) is 5.21. The van der Waals surface area contributed by atoms with E-state index < -0.39 is 11.9 Å². The molecular weight excluding hydrogens is 220 g/mol. The van der Waals surface area contributed by atoms with Gasteiger partial charge in [-0.05, 0) is 18.2 Å². The van der Waals surface area contributed by atoms with E-state index >= 15 is 0 Å². The lowest BCUT2D eigenvalue weighted by atomic mass is 10.3. The summed E-state index contributed by atoms with van der Waals surface area (Å²) in [4.78, 5) is 21.2. The van der Waals surface area contributed by atoms with Crippen molar-refractivity contribution in [2.75, 3.05) is 6.61 Å². The lowest BCUT2D eigenvalue weighted by Gasteiger charge is -2.05. The van der Waals surface area contributed by atoms with Gasteiger partial charge < -0.3 is 10.5 Å². The summed E-state index contributed by atoms with van der Waals surface area (Å²) in [6.07, 6.45) is 0. The number of carbonyl (C=O) groups is 2. The molecule has 0 spiro atoms. The first kappa shape index (κ1) is 11.3. The maximum atomic E-state index is 10.9. The molecule has 80 valence electrons. The van der Waals surface area contributed by atoms with Gasteiger partial charge in [-0.3, -0.25) is 10.1 Å². The van der Waals surface area contributed by atoms with Crippen molar-refractivity contribution in [3.63, 3.8) is 0 Å². The fraction of sp³-hybridized carbons (Fsp3) is 0.111. The van der Waals surface area contributed by atoms with Gasteiger partial charge in [0.05, 0.1) is 0 Å². The smallest absolute Gasteiger partial charge is 0.318 e. The van der Waals surface area contributed by atoms with Gasteiger partial charge >= 0.3 is 6.03 Å². The number of primary amides is 1. The molecule has 0 atom stereocenters. The minimum absolute atomic E-state index is 0.288. The second-order valence-corrected chi connectivity index (χ2v) is 3.09. The number of benzene rings is 1. The van der Waals surface area contributed by atoms with Crippen LogP contribution in [-0.4, -0.2) is 18.5 Å². The third-order valence-electron chi connectivity index (χ3n) is 1.43. The minimum Gasteiger partial charge on any atom is -0.484 e. The normalized spacial score (nSPS) is 9.40. The summed E-state index contributed by atoms with van der Waals surface area (Å²) in [5.41, 5.74) is 4.74. The molecule has 0 heterocycles. The molecule has 1 aromatic rings. The van der Waals surface area contributed by atoms with Crippen molar-refractivity contribution in [3.05, 3.63) is 29.3 Å². The first-order valence-corrected chi connectivity index (χ1v) is 4.43. The highest BCUT2D eigenvalue weighted by molar-refractivity contribution is 6.30. The highest BCUT2D eigenvalue weighted by Crippen LogP contribution is 2.16. The van der Waals surface area contributed by atoms with E-state index in [1.165, 1.54) is 0 Å². The van der Waals surface area contributed by atoms with Crippen LogP contribution < -0.4 is 15.8 Å². The van der Waals surface area contributed by atoms with E-state index in [4.69, 9.17) is 22.1 Å². The molecule has 0 aliphatic heterocycles. The average molecular weight is 229 g/mol. The maximum absolute atomic E-state index is 10.9. The number of imide groups is 1. The van der Waals surface area contributed by atoms with Crippen LogP contribution in [0.25, 0.3) is 0 Å². The van der Waals surface area contributed by atoms with Crippen molar-refractivity contribution in [3.8, 4) is 5.75 Å². The summed E-state index contributed by atoms with van der Waals surface area (Å²) < 4.78 is 5.05. The van der Waals surface area contributed by atoms with Crippen LogP contribution in [0.2, 0.25) is 5.02 Å². The third-order valence-corrected chi connectivity index (χ3v) is 1.66. The van der Waals surface area contributed by atoms with E-state index in [1.807, 2.05) is 5.32 Å². The molecule has 15 heavy (non-hydrogen) atoms. The number of nitrogens with one attached hydrogen (secondary N) is 1. The summed E-state index contributed by atoms with van der Waals surface area (Å²) in [6.45, 7) is -0.288. The van der Waals surface area contributed by atoms with Crippen molar-refractivity contribution in [1.29, 1.82) is 0 Å². The van der Waals surface area contributed by atoms with Gasteiger partial charge in [-0.25, -0.2) is 4.79 Å². The molecule has 6 heteroatoms. The molecule has 1 rings (SSSR count). The van der Waals surface area contributed by atoms with E-state index in [0.29, 0.717) is 10.8 Å². The predicted octanol–water partition coefficient (Wildman–Crippen LogP) is 0.914. The Morgan fingerprint density at radius 1 is 1.47 bits per heavy atom. The summed E-state index contributed by atoms with van der Waals surface area (Å²) in [5, 5.41) is 2.37. The Kier molecular flexibility index (Phi) is 3.93. The van der Waals surface area contributed by atoms with Gasteiger partial charge in [-0.2, -0.15) is 0 Å². The third kappa shape index (κ3) is 4.33. The van der Waals surface area contributed by atoms with Crippen LogP contribution in [0.1, 0.15) is 0 Å². The van der Waals surface area contributed by atoms with Crippen LogP contribution >= 0.6 is 11.6 Å². The topological polar surface area (TPSA) is 81.4 Å². The number of ether oxygens (including phenoxy) is 1. The van der Waals surface area contributed by atoms with Crippen molar-refractivity contribution >= 4 is 23.5 Å². The zero-order valence-electron chi connectivity index (χ0n) is 7.70. The van der Waals surface area contributed by atoms with Crippen molar-refractivity contribution in [1.82, 2.24) is 5.32 Å². The minimum atomic E-state index is -0.908. The number of hydrogen-bond acceptors (Lipinski definition) is 3. The number of rotatable bonds is 3. The number of nitrogens with two attached hydrogens (primary N) is 1. The fourth-order valence-corrected chi connectivity index (χ4v) is 1.06. The van der Waals surface area contributed by atoms with E-state index in [2.05, 4.69) is 0 Å². The summed E-state index contributed by atoms with van der Waals surface area (Å²) >= 11 is 5.69. The Balaban J connectivity index is 2.43. The fourth-order valence-electron chi connectivity index (χ4n) is 0.879. The average Bonchev–Trinajstić information content (AvgIpc) is 2.14. The van der Waals surface area contributed by atoms with Gasteiger partial charge in [0.15, 0.2) is 6.61 Å². The largest absolute Gasteiger partial charge is 0.484 e. The highest BCUT2D eigenvalue weighted by atomic mass is 35.5. The molecule has 0 aromatic heterocycles. The van der Waals surface area contributed by atoms with Crippen LogP contribution in [0.3, 0.4) is 0 Å². The molecule has 0 bridgehead atoms. The molecule has 0 unspecified atom stereocenters. The molecule has 0 radical (unpaired) electrons. The molecule has 3 N–H and O–H groups in total. The zero-order chi connectivity index (χ0) is 11.3. The van der Waals surface area contributed by atoms with Crippen LogP contribution in [0, 0.1) is 0 Å². The standard InChI is InChI=1S/C9H9ClN2O3/c10-6-2-1-3-7(4-6)15-5-8(13)12-9(11)14/h1-4H,5H2,(H3,11,12,13,14). The lowest BCUT2D eigenvalue weighted by Crippen LogP contribution is -2.38. The van der Waals surface area contributed by atoms with E-state index in [9.17, 15) is 9.59 Å². The van der Waals surface area contributed by atoms with Crippen molar-refractivity contribution in [2.24, 2.45) is 5.73 Å². The van der Waals surface area contributed by atoms with Crippen LogP contribution in [0.15, 0.2) is 24.3 Å². The number of halogens is 1. The van der Waals surface area contributed by atoms with Crippen molar-refractivity contribution in [2.45, 2.75) is 0 Å². The van der Waals surface area contributed by atoms with Gasteiger partial charge in [0.25, 0.3) is 5.91 Å². The van der Waals surface area contributed by atoms with Gasteiger partial charge in [-0.1, -0.05) is 17.7 Å². The molecule has 0 aliphatic carbocycles. The Labute approximate surface area is 91.2 Å². The van der Waals surface area contributed by atoms with Crippen LogP contribution in [-0.2, 0) is 4.79 Å². The SMILES string of the molecule is NC(=O)NC(=O)COc1cccc(Cl)c1. The van der Waals surface area contributed by atoms with E-state index in [1.54, 1.807) is 24.3 Å². The molecule has 0 aliphatic rings. The van der Waals surface area contributed by atoms with Crippen LogP contribution in [0.5, 0.6) is 5.75 Å². The quantitative estimate of drug-likeness (QED) is 0.807. The Bertz CT molecular complexity index is 381. The Morgan fingerprint density at radius 2 is 2.20 bits per heavy atom. The summed E-state index contributed by atoms with van der Waals surface area (Å²) in [6, 6.07) is 5.65. The molecule has 1 aromatic carbocycles. The molecule has 0 saturated heterocycles. The first-order chi connectivity index (χ1) is 7.08. The Hall–Kier alpha value is -1.75. The van der Waals surface area contributed by atoms with Crippen LogP contribution in [0.4, 0.5) is 4.79 Å².